The van der Waals surface area contributed by atoms with E-state index in [0.717, 1.165) is 0 Å². The van der Waals surface area contributed by atoms with Crippen LogP contribution in [0.1, 0.15) is 0 Å². The first-order chi connectivity index (χ1) is 15.0. The van der Waals surface area contributed by atoms with Crippen molar-refractivity contribution in [2.45, 2.75) is 0 Å². The monoisotopic (exact) mass is 427 g/mol. The Kier molecular flexibility index (Phi) is 4.41. The molecule has 150 valence electrons. The molecular formula is C23H13N3O4S. The molecule has 0 aliphatic rings. The maximum Gasteiger partial charge on any atom is 0.271 e. The number of nitro groups is 1. The average molecular weight is 427 g/mol. The summed E-state index contributed by atoms with van der Waals surface area (Å²) in [5, 5.41) is 11.7. The second kappa shape index (κ2) is 7.26. The third kappa shape index (κ3) is 3.10. The highest BCUT2D eigenvalue weighted by molar-refractivity contribution is 7.24. The lowest BCUT2D eigenvalue weighted by molar-refractivity contribution is -0.384. The van der Waals surface area contributed by atoms with E-state index in [2.05, 4.69) is 4.98 Å². The van der Waals surface area contributed by atoms with Crippen LogP contribution in [0, 0.1) is 10.1 Å². The lowest BCUT2D eigenvalue weighted by Gasteiger charge is -2.13. The van der Waals surface area contributed by atoms with Crippen LogP contribution in [0.25, 0.3) is 37.4 Å². The van der Waals surface area contributed by atoms with Crippen molar-refractivity contribution in [3.05, 3.63) is 110 Å². The number of hydrogen-bond donors (Lipinski definition) is 0. The van der Waals surface area contributed by atoms with E-state index in [0.29, 0.717) is 26.2 Å². The summed E-state index contributed by atoms with van der Waals surface area (Å²) in [5.74, 6) is 0.235. The van der Waals surface area contributed by atoms with Crippen LogP contribution >= 0.6 is 11.3 Å². The van der Waals surface area contributed by atoms with Gasteiger partial charge in [-0.05, 0) is 24.3 Å². The van der Waals surface area contributed by atoms with E-state index in [4.69, 9.17) is 0 Å². The molecule has 0 fully saturated rings. The molecule has 0 radical (unpaired) electrons. The van der Waals surface area contributed by atoms with E-state index < -0.39 is 10.5 Å². The zero-order chi connectivity index (χ0) is 21.5. The molecule has 2 heterocycles. The van der Waals surface area contributed by atoms with Crippen LogP contribution in [-0.2, 0) is 0 Å². The summed E-state index contributed by atoms with van der Waals surface area (Å²) in [6.45, 7) is 0. The normalized spacial score (nSPS) is 11.1. The fraction of sp³-hybridized carbons (Fsp3) is 0. The number of benzene rings is 3. The van der Waals surface area contributed by atoms with Gasteiger partial charge in [0.05, 0.1) is 10.6 Å². The van der Waals surface area contributed by atoms with Crippen LogP contribution in [0.15, 0.2) is 88.5 Å². The first-order valence-electron chi connectivity index (χ1n) is 9.33. The number of nitro benzene ring substituents is 1. The van der Waals surface area contributed by atoms with Crippen molar-refractivity contribution in [3.8, 4) is 17.1 Å². The third-order valence-corrected chi connectivity index (χ3v) is 6.01. The van der Waals surface area contributed by atoms with E-state index in [1.807, 2.05) is 12.1 Å². The summed E-state index contributed by atoms with van der Waals surface area (Å²) < 4.78 is 2.05. The van der Waals surface area contributed by atoms with E-state index in [-0.39, 0.29) is 22.3 Å². The summed E-state index contributed by atoms with van der Waals surface area (Å²) >= 11 is 1.24. The van der Waals surface area contributed by atoms with E-state index in [1.165, 1.54) is 28.0 Å². The third-order valence-electron chi connectivity index (χ3n) is 4.95. The lowest BCUT2D eigenvalue weighted by Crippen LogP contribution is -2.26. The highest BCUT2D eigenvalue weighted by Gasteiger charge is 2.20. The molecule has 0 spiro atoms. The topological polar surface area (TPSA) is 95.1 Å². The number of rotatable bonds is 3. The number of nitrogens with zero attached hydrogens (tertiary/aromatic N) is 3. The Labute approximate surface area is 178 Å². The van der Waals surface area contributed by atoms with Gasteiger partial charge in [-0.25, -0.2) is 4.98 Å². The molecule has 0 N–H and O–H groups in total. The Hall–Kier alpha value is -4.17. The number of non-ortho nitro benzene ring substituents is 1. The minimum Gasteiger partial charge on any atom is -0.288 e. The maximum absolute atomic E-state index is 13.6. The Morgan fingerprint density at radius 2 is 1.65 bits per heavy atom. The highest BCUT2D eigenvalue weighted by atomic mass is 32.1. The van der Waals surface area contributed by atoms with Crippen molar-refractivity contribution >= 4 is 37.3 Å². The standard InChI is InChI=1S/C23H13N3O4S/c27-20-17-11-4-5-12-18(17)31-22-19(20)23(28)25(15-8-2-1-3-9-15)21(24-22)14-7-6-10-16(13-14)26(29)30/h1-13H. The van der Waals surface area contributed by atoms with Gasteiger partial charge in [0, 0.05) is 27.8 Å². The molecule has 3 aromatic carbocycles. The molecule has 0 saturated heterocycles. The predicted molar refractivity (Wildman–Crippen MR) is 121 cm³/mol. The van der Waals surface area contributed by atoms with Gasteiger partial charge in [-0.1, -0.05) is 42.5 Å². The summed E-state index contributed by atoms with van der Waals surface area (Å²) in [6.07, 6.45) is 0. The lowest BCUT2D eigenvalue weighted by atomic mass is 10.1. The van der Waals surface area contributed by atoms with Crippen LogP contribution < -0.4 is 11.0 Å². The summed E-state index contributed by atoms with van der Waals surface area (Å²) in [6, 6.07) is 21.8. The Bertz CT molecular complexity index is 1610. The summed E-state index contributed by atoms with van der Waals surface area (Å²) in [4.78, 5) is 42.5. The molecule has 5 rings (SSSR count). The summed E-state index contributed by atoms with van der Waals surface area (Å²) in [5.41, 5.74) is -0.0779. The highest BCUT2D eigenvalue weighted by Crippen LogP contribution is 2.28. The predicted octanol–water partition coefficient (Wildman–Crippen LogP) is 4.54. The number of hydrogen-bond acceptors (Lipinski definition) is 6. The molecule has 2 aromatic heterocycles. The average Bonchev–Trinajstić information content (AvgIpc) is 2.79. The molecule has 0 atom stereocenters. The molecule has 8 heteroatoms. The van der Waals surface area contributed by atoms with Crippen LogP contribution in [-0.4, -0.2) is 14.5 Å². The van der Waals surface area contributed by atoms with Crippen LogP contribution in [0.5, 0.6) is 0 Å². The van der Waals surface area contributed by atoms with Gasteiger partial charge in [-0.2, -0.15) is 0 Å². The van der Waals surface area contributed by atoms with Gasteiger partial charge >= 0.3 is 0 Å². The summed E-state index contributed by atoms with van der Waals surface area (Å²) in [7, 11) is 0. The van der Waals surface area contributed by atoms with Gasteiger partial charge in [-0.15, -0.1) is 11.3 Å². The largest absolute Gasteiger partial charge is 0.288 e. The zero-order valence-electron chi connectivity index (χ0n) is 15.9. The Morgan fingerprint density at radius 1 is 0.903 bits per heavy atom. The van der Waals surface area contributed by atoms with Gasteiger partial charge in [-0.3, -0.25) is 24.3 Å². The molecule has 0 aliphatic heterocycles. The second-order valence-electron chi connectivity index (χ2n) is 6.83. The first kappa shape index (κ1) is 18.8. The number of para-hydroxylation sites is 1. The molecule has 5 aromatic rings. The Balaban J connectivity index is 1.95. The zero-order valence-corrected chi connectivity index (χ0v) is 16.7. The maximum atomic E-state index is 13.6. The number of fused-ring (bicyclic) bond motifs is 2. The van der Waals surface area contributed by atoms with Crippen molar-refractivity contribution in [3.63, 3.8) is 0 Å². The molecule has 0 unspecified atom stereocenters. The molecule has 0 bridgehead atoms. The van der Waals surface area contributed by atoms with Crippen molar-refractivity contribution in [2.75, 3.05) is 0 Å². The van der Waals surface area contributed by atoms with Crippen molar-refractivity contribution in [2.24, 2.45) is 0 Å². The Morgan fingerprint density at radius 3 is 2.42 bits per heavy atom. The van der Waals surface area contributed by atoms with Crippen molar-refractivity contribution in [1.82, 2.24) is 9.55 Å². The quantitative estimate of drug-likeness (QED) is 0.239. The van der Waals surface area contributed by atoms with E-state index in [1.54, 1.807) is 54.6 Å². The van der Waals surface area contributed by atoms with E-state index in [9.17, 15) is 19.7 Å². The molecule has 0 amide bonds. The van der Waals surface area contributed by atoms with Crippen molar-refractivity contribution in [1.29, 1.82) is 0 Å². The van der Waals surface area contributed by atoms with Gasteiger partial charge in [0.2, 0.25) is 5.43 Å². The van der Waals surface area contributed by atoms with E-state index >= 15 is 0 Å². The molecule has 0 aliphatic carbocycles. The van der Waals surface area contributed by atoms with Gasteiger partial charge in [0.15, 0.2) is 0 Å². The minimum absolute atomic E-state index is 0.00161. The minimum atomic E-state index is -0.510. The molecule has 31 heavy (non-hydrogen) atoms. The molecule has 7 nitrogen and oxygen atoms in total. The van der Waals surface area contributed by atoms with Crippen LogP contribution in [0.2, 0.25) is 0 Å². The first-order valence-corrected chi connectivity index (χ1v) is 10.1. The smallest absolute Gasteiger partial charge is 0.271 e. The van der Waals surface area contributed by atoms with Gasteiger partial charge < -0.3 is 0 Å². The molecular weight excluding hydrogens is 414 g/mol. The van der Waals surface area contributed by atoms with Crippen LogP contribution in [0.4, 0.5) is 5.69 Å². The fourth-order valence-corrected chi connectivity index (χ4v) is 4.56. The van der Waals surface area contributed by atoms with Crippen molar-refractivity contribution < 1.29 is 4.92 Å². The van der Waals surface area contributed by atoms with Gasteiger partial charge in [0.1, 0.15) is 16.0 Å². The molecule has 0 saturated carbocycles. The number of aromatic nitrogens is 2. The van der Waals surface area contributed by atoms with Crippen LogP contribution in [0.3, 0.4) is 0 Å². The fourth-order valence-electron chi connectivity index (χ4n) is 3.52. The SMILES string of the molecule is O=c1c2ccccc2sc2nc(-c3cccc([N+](=O)[O-])c3)n(-c3ccccc3)c(=O)c12. The van der Waals surface area contributed by atoms with Gasteiger partial charge in [0.25, 0.3) is 11.2 Å². The second-order valence-corrected chi connectivity index (χ2v) is 7.86.